The SMILES string of the molecule is CC/C=C\C/C=C\C/C=C\C/C=C\CCCCCC(=O)OCC(COC(=O)CCCCCCCC/C=C\C=C/CCCCC)OC(=O)CCCCC/C=C\C/C=C\C/C=C\C/C=C\CC. The summed E-state index contributed by atoms with van der Waals surface area (Å²) in [6.45, 7) is 6.30. The van der Waals surface area contributed by atoms with Gasteiger partial charge in [-0.2, -0.15) is 0 Å². The first kappa shape index (κ1) is 60.8. The van der Waals surface area contributed by atoms with Crippen LogP contribution in [0.5, 0.6) is 0 Å². The van der Waals surface area contributed by atoms with Crippen molar-refractivity contribution in [3.8, 4) is 0 Å². The Morgan fingerprint density at radius 3 is 1.05 bits per heavy atom. The van der Waals surface area contributed by atoms with E-state index in [0.29, 0.717) is 19.3 Å². The fourth-order valence-corrected chi connectivity index (χ4v) is 6.59. The second-order valence-corrected chi connectivity index (χ2v) is 16.7. The molecule has 0 aliphatic rings. The van der Waals surface area contributed by atoms with Gasteiger partial charge in [0, 0.05) is 19.3 Å². The Morgan fingerprint density at radius 2 is 0.646 bits per heavy atom. The molecular weight excluding hydrogens is 805 g/mol. The molecule has 6 nitrogen and oxygen atoms in total. The molecule has 0 aromatic rings. The van der Waals surface area contributed by atoms with Gasteiger partial charge in [0.25, 0.3) is 0 Å². The van der Waals surface area contributed by atoms with E-state index >= 15 is 0 Å². The Morgan fingerprint density at radius 1 is 0.338 bits per heavy atom. The van der Waals surface area contributed by atoms with Crippen LogP contribution < -0.4 is 0 Å². The minimum atomic E-state index is -0.816. The zero-order chi connectivity index (χ0) is 47.2. The van der Waals surface area contributed by atoms with Crippen molar-refractivity contribution in [3.05, 3.63) is 122 Å². The molecular formula is C59H94O6. The van der Waals surface area contributed by atoms with Crippen molar-refractivity contribution >= 4 is 17.9 Å². The van der Waals surface area contributed by atoms with Crippen LogP contribution in [0.15, 0.2) is 122 Å². The molecule has 0 bridgehead atoms. The number of hydrogen-bond donors (Lipinski definition) is 0. The first-order valence-corrected chi connectivity index (χ1v) is 26.1. The predicted molar refractivity (Wildman–Crippen MR) is 279 cm³/mol. The van der Waals surface area contributed by atoms with Crippen molar-refractivity contribution in [2.24, 2.45) is 0 Å². The van der Waals surface area contributed by atoms with Gasteiger partial charge in [0.15, 0.2) is 6.10 Å². The average Bonchev–Trinajstić information content (AvgIpc) is 3.30. The molecule has 0 aliphatic carbocycles. The van der Waals surface area contributed by atoms with Crippen LogP contribution in [0.25, 0.3) is 0 Å². The van der Waals surface area contributed by atoms with Crippen LogP contribution in [0.1, 0.15) is 213 Å². The number of rotatable bonds is 45. The van der Waals surface area contributed by atoms with Crippen molar-refractivity contribution in [1.82, 2.24) is 0 Å². The summed E-state index contributed by atoms with van der Waals surface area (Å²) < 4.78 is 16.7. The molecule has 1 unspecified atom stereocenters. The van der Waals surface area contributed by atoms with E-state index in [0.717, 1.165) is 128 Å². The molecule has 0 aliphatic heterocycles. The Balaban J connectivity index is 4.55. The van der Waals surface area contributed by atoms with E-state index < -0.39 is 6.10 Å². The third-order valence-corrected chi connectivity index (χ3v) is 10.5. The highest BCUT2D eigenvalue weighted by atomic mass is 16.6. The molecule has 0 rings (SSSR count). The maximum Gasteiger partial charge on any atom is 0.306 e. The quantitative estimate of drug-likeness (QED) is 0.0199. The summed E-state index contributed by atoms with van der Waals surface area (Å²) in [6, 6.07) is 0. The van der Waals surface area contributed by atoms with E-state index in [1.807, 2.05) is 0 Å². The van der Waals surface area contributed by atoms with E-state index in [2.05, 4.69) is 142 Å². The summed E-state index contributed by atoms with van der Waals surface area (Å²) in [6.07, 6.45) is 71.8. The van der Waals surface area contributed by atoms with E-state index in [-0.39, 0.29) is 37.5 Å². The van der Waals surface area contributed by atoms with E-state index in [9.17, 15) is 14.4 Å². The minimum absolute atomic E-state index is 0.111. The van der Waals surface area contributed by atoms with Crippen LogP contribution >= 0.6 is 0 Å². The van der Waals surface area contributed by atoms with Gasteiger partial charge in [0.1, 0.15) is 13.2 Å². The predicted octanol–water partition coefficient (Wildman–Crippen LogP) is 17.3. The largest absolute Gasteiger partial charge is 0.462 e. The van der Waals surface area contributed by atoms with Gasteiger partial charge in [-0.05, 0) is 122 Å². The van der Waals surface area contributed by atoms with Crippen molar-refractivity contribution in [2.45, 2.75) is 219 Å². The van der Waals surface area contributed by atoms with Gasteiger partial charge >= 0.3 is 17.9 Å². The first-order chi connectivity index (χ1) is 32.0. The van der Waals surface area contributed by atoms with Gasteiger partial charge in [-0.1, -0.05) is 194 Å². The summed E-state index contributed by atoms with van der Waals surface area (Å²) in [5.41, 5.74) is 0. The van der Waals surface area contributed by atoms with Gasteiger partial charge in [-0.3, -0.25) is 14.4 Å². The Labute approximate surface area is 399 Å². The van der Waals surface area contributed by atoms with E-state index in [1.54, 1.807) is 0 Å². The van der Waals surface area contributed by atoms with Gasteiger partial charge in [0.2, 0.25) is 0 Å². The lowest BCUT2D eigenvalue weighted by Crippen LogP contribution is -2.30. The fraction of sp³-hybridized carbons (Fsp3) is 0.610. The lowest BCUT2D eigenvalue weighted by molar-refractivity contribution is -0.167. The smallest absolute Gasteiger partial charge is 0.306 e. The highest BCUT2D eigenvalue weighted by molar-refractivity contribution is 5.71. The second kappa shape index (κ2) is 52.4. The molecule has 0 aromatic carbocycles. The molecule has 1 atom stereocenters. The average molecular weight is 899 g/mol. The topological polar surface area (TPSA) is 78.9 Å². The van der Waals surface area contributed by atoms with Gasteiger partial charge in [0.05, 0.1) is 0 Å². The zero-order valence-electron chi connectivity index (χ0n) is 41.7. The Kier molecular flexibility index (Phi) is 49.1. The summed E-state index contributed by atoms with van der Waals surface area (Å²) in [5, 5.41) is 0. The maximum absolute atomic E-state index is 12.8. The van der Waals surface area contributed by atoms with Gasteiger partial charge in [-0.15, -0.1) is 0 Å². The number of hydrogen-bond acceptors (Lipinski definition) is 6. The number of unbranched alkanes of at least 4 members (excludes halogenated alkanes) is 15. The van der Waals surface area contributed by atoms with Crippen LogP contribution in [0.2, 0.25) is 0 Å². The first-order valence-electron chi connectivity index (χ1n) is 26.1. The standard InChI is InChI=1S/C59H94O6/c1-4-7-10-13-16-19-22-25-28-31-34-37-40-43-46-49-52-58(61)64-55-56(54-63-57(60)51-48-45-42-39-36-33-30-27-24-21-18-15-12-9-6-3)65-59(62)53-50-47-44-41-38-35-32-29-26-23-20-17-14-11-8-5-2/h7-8,10-11,16-21,24-29,34-35,37-38,56H,4-6,9,12-15,22-23,30-33,36,39-55H2,1-3H3/b10-7-,11-8-,19-16-,20-17-,21-18-,27-24-,28-25-,29-26-,37-34-,38-35-. The molecule has 366 valence electrons. The van der Waals surface area contributed by atoms with Crippen LogP contribution in [0, 0.1) is 0 Å². The highest BCUT2D eigenvalue weighted by Gasteiger charge is 2.19. The molecule has 65 heavy (non-hydrogen) atoms. The maximum atomic E-state index is 12.8. The molecule has 0 fully saturated rings. The molecule has 0 heterocycles. The third kappa shape index (κ3) is 50.7. The van der Waals surface area contributed by atoms with Gasteiger partial charge < -0.3 is 14.2 Å². The summed E-state index contributed by atoms with van der Waals surface area (Å²) in [7, 11) is 0. The lowest BCUT2D eigenvalue weighted by atomic mass is 10.1. The van der Waals surface area contributed by atoms with Crippen LogP contribution in [0.4, 0.5) is 0 Å². The van der Waals surface area contributed by atoms with Crippen LogP contribution in [-0.2, 0) is 28.6 Å². The summed E-state index contributed by atoms with van der Waals surface area (Å²) in [5.74, 6) is -0.993. The Bertz CT molecular complexity index is 1400. The second-order valence-electron chi connectivity index (χ2n) is 16.7. The third-order valence-electron chi connectivity index (χ3n) is 10.5. The number of esters is 3. The van der Waals surface area contributed by atoms with Crippen LogP contribution in [-0.4, -0.2) is 37.2 Å². The number of ether oxygens (including phenoxy) is 3. The van der Waals surface area contributed by atoms with Crippen molar-refractivity contribution in [1.29, 1.82) is 0 Å². The fourth-order valence-electron chi connectivity index (χ4n) is 6.59. The Hall–Kier alpha value is -4.19. The monoisotopic (exact) mass is 899 g/mol. The van der Waals surface area contributed by atoms with Crippen molar-refractivity contribution in [3.63, 3.8) is 0 Å². The van der Waals surface area contributed by atoms with Crippen molar-refractivity contribution in [2.75, 3.05) is 13.2 Å². The number of allylic oxidation sites excluding steroid dienone is 20. The normalized spacial score (nSPS) is 13.1. The molecule has 0 amide bonds. The highest BCUT2D eigenvalue weighted by Crippen LogP contribution is 2.12. The van der Waals surface area contributed by atoms with Gasteiger partial charge in [-0.25, -0.2) is 0 Å². The summed E-state index contributed by atoms with van der Waals surface area (Å²) in [4.78, 5) is 38.0. The van der Waals surface area contributed by atoms with Crippen molar-refractivity contribution < 1.29 is 28.6 Å². The number of carbonyl (C=O) groups is 3. The molecule has 0 N–H and O–H groups in total. The molecule has 0 radical (unpaired) electrons. The molecule has 0 saturated heterocycles. The lowest BCUT2D eigenvalue weighted by Gasteiger charge is -2.18. The molecule has 6 heteroatoms. The minimum Gasteiger partial charge on any atom is -0.462 e. The van der Waals surface area contributed by atoms with E-state index in [4.69, 9.17) is 14.2 Å². The zero-order valence-corrected chi connectivity index (χ0v) is 41.7. The van der Waals surface area contributed by atoms with E-state index in [1.165, 1.54) is 38.5 Å². The molecule has 0 saturated carbocycles. The molecule has 0 spiro atoms. The molecule has 0 aromatic heterocycles. The number of carbonyl (C=O) groups excluding carboxylic acids is 3. The van der Waals surface area contributed by atoms with Crippen LogP contribution in [0.3, 0.4) is 0 Å². The summed E-state index contributed by atoms with van der Waals surface area (Å²) >= 11 is 0.